The average molecular weight is 404 g/mol. The van der Waals surface area contributed by atoms with Gasteiger partial charge in [0.2, 0.25) is 0 Å². The lowest BCUT2D eigenvalue weighted by molar-refractivity contribution is -0.143. The van der Waals surface area contributed by atoms with Crippen molar-refractivity contribution < 1.29 is 19.1 Å². The number of nitrogens with one attached hydrogen (secondary N) is 1. The van der Waals surface area contributed by atoms with Gasteiger partial charge in [0.15, 0.2) is 6.61 Å². The summed E-state index contributed by atoms with van der Waals surface area (Å²) in [4.78, 5) is 23.4. The van der Waals surface area contributed by atoms with Gasteiger partial charge in [0.1, 0.15) is 5.75 Å². The molecule has 5 nitrogen and oxygen atoms in total. The number of esters is 1. The predicted octanol–water partition coefficient (Wildman–Crippen LogP) is 3.33. The third-order valence-corrected chi connectivity index (χ3v) is 4.06. The highest BCUT2D eigenvalue weighted by Gasteiger charge is 2.06. The Morgan fingerprint density at radius 3 is 2.72 bits per heavy atom. The molecule has 2 rings (SSSR count). The summed E-state index contributed by atoms with van der Waals surface area (Å²) in [6.45, 7) is 0.0309. The van der Waals surface area contributed by atoms with Gasteiger partial charge in [0.05, 0.1) is 7.11 Å². The molecule has 2 aromatic carbocycles. The summed E-state index contributed by atoms with van der Waals surface area (Å²) in [5.74, 6) is -0.250. The molecule has 0 bridgehead atoms. The standard InChI is InChI=1S/C19H18BrNO4/c1-24-16-7-4-5-14(11-16)9-10-19(23)25-13-18(22)21-12-15-6-2-3-8-17(15)20/h2-11H,12-13H2,1H3,(H,21,22)/b10-9+. The maximum atomic E-state index is 11.7. The Morgan fingerprint density at radius 1 is 1.16 bits per heavy atom. The van der Waals surface area contributed by atoms with Crippen LogP contribution in [0.4, 0.5) is 0 Å². The minimum absolute atomic E-state index is 0.328. The molecule has 0 aliphatic rings. The summed E-state index contributed by atoms with van der Waals surface area (Å²) in [6, 6.07) is 14.8. The van der Waals surface area contributed by atoms with E-state index in [2.05, 4.69) is 21.2 Å². The molecule has 1 N–H and O–H groups in total. The van der Waals surface area contributed by atoms with Gasteiger partial charge >= 0.3 is 5.97 Å². The van der Waals surface area contributed by atoms with Gasteiger partial charge in [-0.25, -0.2) is 4.79 Å². The zero-order chi connectivity index (χ0) is 18.1. The summed E-state index contributed by atoms with van der Waals surface area (Å²) in [5.41, 5.74) is 1.75. The molecule has 0 aromatic heterocycles. The fraction of sp³-hybridized carbons (Fsp3) is 0.158. The number of carbonyl (C=O) groups excluding carboxylic acids is 2. The number of methoxy groups -OCH3 is 1. The van der Waals surface area contributed by atoms with E-state index >= 15 is 0 Å². The number of amides is 1. The first-order valence-corrected chi connectivity index (χ1v) is 8.37. The smallest absolute Gasteiger partial charge is 0.331 e. The van der Waals surface area contributed by atoms with Crippen molar-refractivity contribution in [3.8, 4) is 5.75 Å². The van der Waals surface area contributed by atoms with Crippen LogP contribution in [0.15, 0.2) is 59.1 Å². The monoisotopic (exact) mass is 403 g/mol. The van der Waals surface area contributed by atoms with Crippen LogP contribution in [-0.2, 0) is 20.9 Å². The third kappa shape index (κ3) is 6.43. The molecule has 0 radical (unpaired) electrons. The van der Waals surface area contributed by atoms with Crippen molar-refractivity contribution in [2.24, 2.45) is 0 Å². The van der Waals surface area contributed by atoms with Crippen LogP contribution in [0.25, 0.3) is 6.08 Å². The summed E-state index contributed by atoms with van der Waals surface area (Å²) >= 11 is 3.41. The van der Waals surface area contributed by atoms with Gasteiger partial charge in [-0.3, -0.25) is 4.79 Å². The van der Waals surface area contributed by atoms with E-state index < -0.39 is 5.97 Å². The van der Waals surface area contributed by atoms with Gasteiger partial charge in [-0.05, 0) is 35.4 Å². The Balaban J connectivity index is 1.76. The fourth-order valence-corrected chi connectivity index (χ4v) is 2.41. The zero-order valence-corrected chi connectivity index (χ0v) is 15.3. The zero-order valence-electron chi connectivity index (χ0n) is 13.7. The van der Waals surface area contributed by atoms with Crippen molar-refractivity contribution in [1.29, 1.82) is 0 Å². The van der Waals surface area contributed by atoms with E-state index in [0.717, 1.165) is 15.6 Å². The second kappa shape index (κ2) is 9.64. The van der Waals surface area contributed by atoms with Crippen molar-refractivity contribution >= 4 is 33.9 Å². The number of ether oxygens (including phenoxy) is 2. The lowest BCUT2D eigenvalue weighted by Crippen LogP contribution is -2.28. The molecule has 130 valence electrons. The van der Waals surface area contributed by atoms with Gasteiger partial charge in [0.25, 0.3) is 5.91 Å². The molecule has 0 unspecified atom stereocenters. The Kier molecular flexibility index (Phi) is 7.22. The SMILES string of the molecule is COc1cccc(/C=C/C(=O)OCC(=O)NCc2ccccc2Br)c1. The van der Waals surface area contributed by atoms with Crippen molar-refractivity contribution in [3.05, 3.63) is 70.2 Å². The highest BCUT2D eigenvalue weighted by atomic mass is 79.9. The molecule has 0 aliphatic carbocycles. The molecular formula is C19H18BrNO4. The summed E-state index contributed by atoms with van der Waals surface area (Å²) in [5, 5.41) is 2.70. The molecule has 0 atom stereocenters. The number of carbonyl (C=O) groups is 2. The van der Waals surface area contributed by atoms with E-state index in [1.165, 1.54) is 6.08 Å². The Hall–Kier alpha value is -2.60. The minimum atomic E-state index is -0.584. The second-order valence-corrected chi connectivity index (χ2v) is 5.94. The molecule has 0 saturated heterocycles. The van der Waals surface area contributed by atoms with Crippen LogP contribution in [0.2, 0.25) is 0 Å². The molecule has 0 heterocycles. The molecule has 0 aliphatic heterocycles. The summed E-state index contributed by atoms with van der Waals surface area (Å²) in [7, 11) is 1.57. The van der Waals surface area contributed by atoms with E-state index in [1.54, 1.807) is 19.3 Å². The first-order chi connectivity index (χ1) is 12.1. The number of halogens is 1. The number of benzene rings is 2. The van der Waals surface area contributed by atoms with Gasteiger partial charge in [-0.2, -0.15) is 0 Å². The van der Waals surface area contributed by atoms with E-state index in [0.29, 0.717) is 12.3 Å². The van der Waals surface area contributed by atoms with Crippen LogP contribution in [0, 0.1) is 0 Å². The number of hydrogen-bond donors (Lipinski definition) is 1. The Labute approximate surface area is 154 Å². The van der Waals surface area contributed by atoms with Crippen molar-refractivity contribution in [2.45, 2.75) is 6.54 Å². The molecule has 0 fully saturated rings. The van der Waals surface area contributed by atoms with Crippen LogP contribution < -0.4 is 10.1 Å². The normalized spacial score (nSPS) is 10.5. The van der Waals surface area contributed by atoms with Crippen molar-refractivity contribution in [3.63, 3.8) is 0 Å². The maximum absolute atomic E-state index is 11.7. The van der Waals surface area contributed by atoms with Crippen molar-refractivity contribution in [1.82, 2.24) is 5.32 Å². The van der Waals surface area contributed by atoms with Gasteiger partial charge < -0.3 is 14.8 Å². The van der Waals surface area contributed by atoms with Crippen LogP contribution in [0.1, 0.15) is 11.1 Å². The van der Waals surface area contributed by atoms with Gasteiger partial charge in [-0.1, -0.05) is 46.3 Å². The molecule has 0 spiro atoms. The van der Waals surface area contributed by atoms with Crippen LogP contribution >= 0.6 is 15.9 Å². The predicted molar refractivity (Wildman–Crippen MR) is 99.0 cm³/mol. The Morgan fingerprint density at radius 2 is 1.96 bits per heavy atom. The number of rotatable bonds is 7. The Bertz CT molecular complexity index is 774. The fourth-order valence-electron chi connectivity index (χ4n) is 1.98. The maximum Gasteiger partial charge on any atom is 0.331 e. The van der Waals surface area contributed by atoms with Crippen molar-refractivity contribution in [2.75, 3.05) is 13.7 Å². The molecule has 1 amide bonds. The topological polar surface area (TPSA) is 64.6 Å². The van der Waals surface area contributed by atoms with E-state index in [1.807, 2.05) is 42.5 Å². The minimum Gasteiger partial charge on any atom is -0.497 e. The highest BCUT2D eigenvalue weighted by molar-refractivity contribution is 9.10. The molecule has 6 heteroatoms. The lowest BCUT2D eigenvalue weighted by atomic mass is 10.2. The van der Waals surface area contributed by atoms with E-state index in [-0.39, 0.29) is 12.5 Å². The first-order valence-electron chi connectivity index (χ1n) is 7.57. The van der Waals surface area contributed by atoms with Crippen LogP contribution in [0.3, 0.4) is 0 Å². The quantitative estimate of drug-likeness (QED) is 0.568. The molecule has 2 aromatic rings. The molecular weight excluding hydrogens is 386 g/mol. The largest absolute Gasteiger partial charge is 0.497 e. The first kappa shape index (κ1) is 18.7. The van der Waals surface area contributed by atoms with Gasteiger partial charge in [0, 0.05) is 17.1 Å². The summed E-state index contributed by atoms with van der Waals surface area (Å²) < 4.78 is 10.9. The van der Waals surface area contributed by atoms with Crippen LogP contribution in [-0.4, -0.2) is 25.6 Å². The third-order valence-electron chi connectivity index (χ3n) is 3.29. The second-order valence-electron chi connectivity index (χ2n) is 5.09. The van der Waals surface area contributed by atoms with E-state index in [4.69, 9.17) is 9.47 Å². The van der Waals surface area contributed by atoms with Gasteiger partial charge in [-0.15, -0.1) is 0 Å². The average Bonchev–Trinajstić information content (AvgIpc) is 2.64. The number of hydrogen-bond acceptors (Lipinski definition) is 4. The molecule has 25 heavy (non-hydrogen) atoms. The highest BCUT2D eigenvalue weighted by Crippen LogP contribution is 2.15. The summed E-state index contributed by atoms with van der Waals surface area (Å²) in [6.07, 6.45) is 2.87. The lowest BCUT2D eigenvalue weighted by Gasteiger charge is -2.07. The van der Waals surface area contributed by atoms with Crippen LogP contribution in [0.5, 0.6) is 5.75 Å². The molecule has 0 saturated carbocycles. The van der Waals surface area contributed by atoms with E-state index in [9.17, 15) is 9.59 Å².